The number of aromatic nitrogens is 3. The third-order valence-corrected chi connectivity index (χ3v) is 4.52. The number of hydroxylamine groups is 1. The molecule has 2 aromatic heterocycles. The predicted octanol–water partition coefficient (Wildman–Crippen LogP) is 1.80. The maximum absolute atomic E-state index is 13.2. The molecule has 2 atom stereocenters. The number of hydrogen-bond donors (Lipinski definition) is 4. The summed E-state index contributed by atoms with van der Waals surface area (Å²) in [5.41, 5.74) is -1.61. The first kappa shape index (κ1) is 18.1. The van der Waals surface area contributed by atoms with Gasteiger partial charge in [0.15, 0.2) is 0 Å². The van der Waals surface area contributed by atoms with Crippen LogP contribution in [-0.4, -0.2) is 43.0 Å². The third-order valence-electron chi connectivity index (χ3n) is 4.52. The van der Waals surface area contributed by atoms with Gasteiger partial charge in [0.1, 0.15) is 5.60 Å². The Hall–Kier alpha value is -2.26. The van der Waals surface area contributed by atoms with Gasteiger partial charge >= 0.3 is 0 Å². The van der Waals surface area contributed by atoms with Crippen LogP contribution in [0.5, 0.6) is 0 Å². The highest BCUT2D eigenvalue weighted by Crippen LogP contribution is 2.39. The van der Waals surface area contributed by atoms with Gasteiger partial charge in [-0.2, -0.15) is 5.10 Å². The van der Waals surface area contributed by atoms with Crippen molar-refractivity contribution in [3.63, 3.8) is 0 Å². The van der Waals surface area contributed by atoms with Crippen molar-refractivity contribution in [1.82, 2.24) is 20.2 Å². The first-order valence-electron chi connectivity index (χ1n) is 7.34. The van der Waals surface area contributed by atoms with E-state index < -0.39 is 23.3 Å². The smallest absolute Gasteiger partial charge is 0.267 e. The summed E-state index contributed by atoms with van der Waals surface area (Å²) in [4.78, 5) is 14.8. The molecule has 2 rings (SSSR count). The molecule has 2 heterocycles. The quantitative estimate of drug-likeness (QED) is 0.455. The van der Waals surface area contributed by atoms with Crippen LogP contribution >= 0.6 is 0 Å². The van der Waals surface area contributed by atoms with E-state index in [-0.39, 0.29) is 13.0 Å². The summed E-state index contributed by atoms with van der Waals surface area (Å²) in [5, 5.41) is 23.3. The molecular formula is C15H20F2N4O3. The summed E-state index contributed by atoms with van der Waals surface area (Å²) in [6, 6.07) is 3.58. The van der Waals surface area contributed by atoms with Gasteiger partial charge in [0.2, 0.25) is 0 Å². The summed E-state index contributed by atoms with van der Waals surface area (Å²) in [6.07, 6.45) is 1.85. The molecule has 9 heteroatoms. The van der Waals surface area contributed by atoms with Crippen molar-refractivity contribution in [2.75, 3.05) is 0 Å². The number of nitrogens with zero attached hydrogens (tertiary/aromatic N) is 2. The maximum atomic E-state index is 13.2. The minimum absolute atomic E-state index is 0.108. The van der Waals surface area contributed by atoms with Crippen molar-refractivity contribution in [2.45, 2.75) is 38.8 Å². The predicted molar refractivity (Wildman–Crippen MR) is 81.3 cm³/mol. The fourth-order valence-corrected chi connectivity index (χ4v) is 2.42. The minimum atomic E-state index is -3.16. The van der Waals surface area contributed by atoms with E-state index in [1.807, 2.05) is 6.07 Å². The van der Waals surface area contributed by atoms with E-state index in [0.717, 1.165) is 12.5 Å². The Kier molecular flexibility index (Phi) is 5.05. The van der Waals surface area contributed by atoms with E-state index in [4.69, 9.17) is 5.21 Å². The number of carbonyl (C=O) groups excluding carboxylic acids is 1. The highest BCUT2D eigenvalue weighted by molar-refractivity contribution is 5.82. The molecule has 0 aliphatic rings. The van der Waals surface area contributed by atoms with Crippen LogP contribution in [-0.2, 0) is 11.3 Å². The van der Waals surface area contributed by atoms with Crippen molar-refractivity contribution >= 4 is 5.91 Å². The number of hydrogen-bond acceptors (Lipinski definition) is 4. The Balaban J connectivity index is 2.18. The van der Waals surface area contributed by atoms with Crippen LogP contribution in [0.1, 0.15) is 20.3 Å². The summed E-state index contributed by atoms with van der Waals surface area (Å²) in [6.45, 7) is 2.17. The summed E-state index contributed by atoms with van der Waals surface area (Å²) in [5.74, 6) is -1.08. The Morgan fingerprint density at radius 2 is 2.17 bits per heavy atom. The van der Waals surface area contributed by atoms with Crippen LogP contribution in [0, 0.1) is 5.41 Å². The van der Waals surface area contributed by atoms with E-state index in [9.17, 15) is 18.7 Å². The fraction of sp³-hybridized carbons (Fsp3) is 0.467. The van der Waals surface area contributed by atoms with Crippen molar-refractivity contribution in [1.29, 1.82) is 0 Å². The third kappa shape index (κ3) is 3.17. The van der Waals surface area contributed by atoms with Crippen LogP contribution in [0.4, 0.5) is 8.78 Å². The second kappa shape index (κ2) is 6.70. The van der Waals surface area contributed by atoms with E-state index in [2.05, 4.69) is 10.1 Å². The van der Waals surface area contributed by atoms with E-state index in [0.29, 0.717) is 5.69 Å². The molecule has 0 aromatic carbocycles. The Morgan fingerprint density at radius 3 is 2.71 bits per heavy atom. The fourth-order valence-electron chi connectivity index (χ4n) is 2.42. The van der Waals surface area contributed by atoms with Crippen LogP contribution in [0.2, 0.25) is 0 Å². The molecule has 132 valence electrons. The van der Waals surface area contributed by atoms with Gasteiger partial charge in [-0.1, -0.05) is 0 Å². The molecule has 0 spiro atoms. The van der Waals surface area contributed by atoms with Gasteiger partial charge in [-0.15, -0.1) is 0 Å². The van der Waals surface area contributed by atoms with Gasteiger partial charge in [-0.05, 0) is 32.4 Å². The molecule has 0 fully saturated rings. The maximum Gasteiger partial charge on any atom is 0.267 e. The average molecular weight is 342 g/mol. The molecule has 24 heavy (non-hydrogen) atoms. The largest absolute Gasteiger partial charge is 0.383 e. The number of halogens is 2. The van der Waals surface area contributed by atoms with Gasteiger partial charge in [0.25, 0.3) is 12.3 Å². The van der Waals surface area contributed by atoms with Gasteiger partial charge in [0, 0.05) is 30.7 Å². The average Bonchev–Trinajstić information content (AvgIpc) is 3.22. The molecule has 4 N–H and O–H groups in total. The van der Waals surface area contributed by atoms with Crippen LogP contribution in [0.25, 0.3) is 11.3 Å². The van der Waals surface area contributed by atoms with Crippen molar-refractivity contribution < 1.29 is 23.9 Å². The first-order valence-corrected chi connectivity index (χ1v) is 7.34. The lowest BCUT2D eigenvalue weighted by molar-refractivity contribution is -0.183. The van der Waals surface area contributed by atoms with Gasteiger partial charge in [-0.25, -0.2) is 14.3 Å². The van der Waals surface area contributed by atoms with Crippen LogP contribution < -0.4 is 5.48 Å². The number of aryl methyl sites for hydroxylation is 1. The number of aromatic amines is 1. The molecule has 7 nitrogen and oxygen atoms in total. The van der Waals surface area contributed by atoms with Crippen LogP contribution in [0.3, 0.4) is 0 Å². The number of nitrogens with one attached hydrogen (secondary N) is 2. The molecular weight excluding hydrogens is 322 g/mol. The monoisotopic (exact) mass is 342 g/mol. The Bertz CT molecular complexity index is 685. The molecule has 1 amide bonds. The second-order valence-corrected chi connectivity index (χ2v) is 6.03. The van der Waals surface area contributed by atoms with Gasteiger partial charge in [-0.3, -0.25) is 14.7 Å². The summed E-state index contributed by atoms with van der Waals surface area (Å²) >= 11 is 0. The van der Waals surface area contributed by atoms with Crippen molar-refractivity contribution in [2.24, 2.45) is 5.41 Å². The highest BCUT2D eigenvalue weighted by Gasteiger charge is 2.54. The topological polar surface area (TPSA) is 103 Å². The lowest BCUT2D eigenvalue weighted by atomic mass is 9.71. The van der Waals surface area contributed by atoms with Gasteiger partial charge < -0.3 is 10.1 Å². The number of amides is 1. The lowest BCUT2D eigenvalue weighted by Gasteiger charge is -2.40. The Labute approximate surface area is 137 Å². The zero-order chi connectivity index (χ0) is 18.0. The number of H-pyrrole nitrogens is 1. The van der Waals surface area contributed by atoms with Crippen molar-refractivity contribution in [3.05, 3.63) is 30.7 Å². The summed E-state index contributed by atoms with van der Waals surface area (Å²) < 4.78 is 27.9. The molecule has 0 bridgehead atoms. The highest BCUT2D eigenvalue weighted by atomic mass is 19.3. The normalized spacial score (nSPS) is 16.6. The molecule has 0 aliphatic heterocycles. The minimum Gasteiger partial charge on any atom is -0.383 e. The molecule has 0 aliphatic carbocycles. The van der Waals surface area contributed by atoms with Crippen molar-refractivity contribution in [3.8, 4) is 11.3 Å². The lowest BCUT2D eigenvalue weighted by Crippen LogP contribution is -2.57. The molecule has 0 saturated carbocycles. The standard InChI is InChI=1S/C15H20F2N4O3/c1-14(13(22)20-24,15(2,23)12(16)17)5-8-21-7-4-11(19-21)10-3-6-18-9-10/h3-4,6-7,9,12,18,23-24H,5,8H2,1-2H3,(H,20,22). The molecule has 0 radical (unpaired) electrons. The zero-order valence-electron chi connectivity index (χ0n) is 13.3. The number of rotatable bonds is 7. The number of carbonyl (C=O) groups is 1. The molecule has 2 unspecified atom stereocenters. The first-order chi connectivity index (χ1) is 11.2. The Morgan fingerprint density at radius 1 is 1.46 bits per heavy atom. The van der Waals surface area contributed by atoms with E-state index >= 15 is 0 Å². The number of aliphatic hydroxyl groups is 1. The zero-order valence-corrected chi connectivity index (χ0v) is 13.3. The van der Waals surface area contributed by atoms with Crippen LogP contribution in [0.15, 0.2) is 30.7 Å². The molecule has 0 saturated heterocycles. The number of alkyl halides is 2. The SMILES string of the molecule is CC(CCn1ccc(-c2cc[nH]c2)n1)(C(=O)NO)C(C)(O)C(F)F. The van der Waals surface area contributed by atoms with Gasteiger partial charge in [0.05, 0.1) is 11.1 Å². The van der Waals surface area contributed by atoms with E-state index in [1.54, 1.807) is 24.7 Å². The van der Waals surface area contributed by atoms with E-state index in [1.165, 1.54) is 17.1 Å². The summed E-state index contributed by atoms with van der Waals surface area (Å²) in [7, 11) is 0. The second-order valence-electron chi connectivity index (χ2n) is 6.03. The molecule has 2 aromatic rings.